The smallest absolute Gasteiger partial charge is 0.337 e. The first-order valence-electron chi connectivity index (χ1n) is 9.64. The molecule has 2 aromatic rings. The van der Waals surface area contributed by atoms with Crippen molar-refractivity contribution in [2.75, 3.05) is 25.1 Å². The van der Waals surface area contributed by atoms with E-state index in [4.69, 9.17) is 4.74 Å². The Kier molecular flexibility index (Phi) is 4.77. The molecule has 2 aliphatic rings. The highest BCUT2D eigenvalue weighted by molar-refractivity contribution is 7.16. The van der Waals surface area contributed by atoms with E-state index in [-0.39, 0.29) is 11.5 Å². The summed E-state index contributed by atoms with van der Waals surface area (Å²) in [7, 11) is 1.77. The van der Waals surface area contributed by atoms with E-state index in [1.54, 1.807) is 18.4 Å². The summed E-state index contributed by atoms with van der Waals surface area (Å²) in [5.74, 6) is -0.800. The molecule has 0 saturated carbocycles. The van der Waals surface area contributed by atoms with Crippen LogP contribution in [0.2, 0.25) is 0 Å². The summed E-state index contributed by atoms with van der Waals surface area (Å²) in [4.78, 5) is 16.6. The number of methoxy groups -OCH3 is 1. The van der Waals surface area contributed by atoms with Gasteiger partial charge in [-0.25, -0.2) is 4.79 Å². The molecule has 1 saturated heterocycles. The molecule has 0 amide bonds. The largest absolute Gasteiger partial charge is 0.478 e. The molecule has 1 aromatic carbocycles. The average Bonchev–Trinajstić information content (AvgIpc) is 3.25. The Morgan fingerprint density at radius 3 is 2.89 bits per heavy atom. The van der Waals surface area contributed by atoms with Crippen molar-refractivity contribution in [3.63, 3.8) is 0 Å². The molecule has 0 radical (unpaired) electrons. The summed E-state index contributed by atoms with van der Waals surface area (Å²) < 4.78 is 5.49. The minimum absolute atomic E-state index is 0.169. The summed E-state index contributed by atoms with van der Waals surface area (Å²) in [5, 5.41) is 9.97. The van der Waals surface area contributed by atoms with E-state index >= 15 is 0 Å². The molecule has 1 aliphatic heterocycles. The highest BCUT2D eigenvalue weighted by Crippen LogP contribution is 2.45. The van der Waals surface area contributed by atoms with Gasteiger partial charge in [0, 0.05) is 35.6 Å². The monoisotopic (exact) mass is 385 g/mol. The lowest BCUT2D eigenvalue weighted by Gasteiger charge is -2.29. The van der Waals surface area contributed by atoms with Crippen molar-refractivity contribution >= 4 is 23.0 Å². The van der Waals surface area contributed by atoms with Gasteiger partial charge >= 0.3 is 5.97 Å². The molecule has 1 atom stereocenters. The lowest BCUT2D eigenvalue weighted by atomic mass is 9.76. The summed E-state index contributed by atoms with van der Waals surface area (Å²) in [6.45, 7) is 6.34. The van der Waals surface area contributed by atoms with E-state index in [0.717, 1.165) is 60.5 Å². The number of thiophene rings is 1. The first-order valence-corrected chi connectivity index (χ1v) is 10.5. The molecular formula is C22H27NO3S. The van der Waals surface area contributed by atoms with Gasteiger partial charge in [-0.05, 0) is 54.4 Å². The van der Waals surface area contributed by atoms with Gasteiger partial charge in [0.05, 0.1) is 11.7 Å². The van der Waals surface area contributed by atoms with Crippen molar-refractivity contribution in [1.29, 1.82) is 0 Å². The summed E-state index contributed by atoms with van der Waals surface area (Å²) in [5.41, 5.74) is 3.92. The van der Waals surface area contributed by atoms with Crippen LogP contribution < -0.4 is 4.90 Å². The zero-order valence-electron chi connectivity index (χ0n) is 16.2. The number of rotatable bonds is 4. The summed E-state index contributed by atoms with van der Waals surface area (Å²) in [6.07, 6.45) is 4.25. The maximum absolute atomic E-state index is 12.1. The zero-order chi connectivity index (χ0) is 19.2. The third kappa shape index (κ3) is 3.50. The molecule has 0 spiro atoms. The molecule has 1 aromatic heterocycles. The van der Waals surface area contributed by atoms with Crippen LogP contribution in [0.15, 0.2) is 24.3 Å². The summed E-state index contributed by atoms with van der Waals surface area (Å²) >= 11 is 1.68. The molecule has 4 rings (SSSR count). The second-order valence-corrected chi connectivity index (χ2v) is 9.60. The zero-order valence-corrected chi connectivity index (χ0v) is 17.1. The van der Waals surface area contributed by atoms with Gasteiger partial charge in [-0.2, -0.15) is 0 Å². The number of carboxylic acids is 1. The predicted octanol–water partition coefficient (Wildman–Crippen LogP) is 4.85. The molecule has 0 bridgehead atoms. The van der Waals surface area contributed by atoms with Gasteiger partial charge in [0.15, 0.2) is 0 Å². The number of benzene rings is 1. The molecule has 1 fully saturated rings. The minimum atomic E-state index is -0.800. The number of aromatic carboxylic acids is 1. The van der Waals surface area contributed by atoms with Crippen LogP contribution in [0, 0.1) is 5.41 Å². The van der Waals surface area contributed by atoms with Crippen molar-refractivity contribution in [2.24, 2.45) is 5.41 Å². The average molecular weight is 386 g/mol. The number of fused-ring (bicyclic) bond motifs is 1. The molecule has 1 aliphatic carbocycles. The Labute approximate surface area is 164 Å². The molecule has 2 heterocycles. The number of nitrogens with zero attached hydrogens (tertiary/aromatic N) is 1. The number of ether oxygens (including phenoxy) is 1. The fourth-order valence-corrected chi connectivity index (χ4v) is 5.65. The molecule has 144 valence electrons. The second-order valence-electron chi connectivity index (χ2n) is 8.50. The molecule has 1 N–H and O–H groups in total. The van der Waals surface area contributed by atoms with Crippen molar-refractivity contribution in [3.8, 4) is 10.4 Å². The molecule has 27 heavy (non-hydrogen) atoms. The Balaban J connectivity index is 1.73. The van der Waals surface area contributed by atoms with Crippen LogP contribution in [-0.4, -0.2) is 37.4 Å². The highest BCUT2D eigenvalue weighted by atomic mass is 32.1. The lowest BCUT2D eigenvalue weighted by molar-refractivity contribution is 0.0696. The van der Waals surface area contributed by atoms with Crippen LogP contribution in [0.3, 0.4) is 0 Å². The van der Waals surface area contributed by atoms with Crippen molar-refractivity contribution in [2.45, 2.75) is 45.6 Å². The van der Waals surface area contributed by atoms with Crippen LogP contribution in [0.5, 0.6) is 0 Å². The van der Waals surface area contributed by atoms with E-state index < -0.39 is 5.97 Å². The first kappa shape index (κ1) is 18.5. The Morgan fingerprint density at radius 2 is 2.19 bits per heavy atom. The predicted molar refractivity (Wildman–Crippen MR) is 110 cm³/mol. The van der Waals surface area contributed by atoms with Crippen LogP contribution >= 0.6 is 11.3 Å². The van der Waals surface area contributed by atoms with Crippen molar-refractivity contribution < 1.29 is 14.6 Å². The SMILES string of the molecule is CO[C@@H]1CCN(c2cccc(-c3sc4c(c3C(=O)O)CC(C)(C)CC4)c2)C1. The number of carboxylic acid groups (broad SMARTS) is 1. The van der Waals surface area contributed by atoms with Gasteiger partial charge in [-0.1, -0.05) is 26.0 Å². The number of carbonyl (C=O) groups is 1. The molecule has 0 unspecified atom stereocenters. The van der Waals surface area contributed by atoms with Crippen molar-refractivity contribution in [1.82, 2.24) is 0 Å². The second kappa shape index (κ2) is 6.95. The number of hydrogen-bond donors (Lipinski definition) is 1. The summed E-state index contributed by atoms with van der Waals surface area (Å²) in [6, 6.07) is 8.34. The Bertz CT molecular complexity index is 870. The number of anilines is 1. The first-order chi connectivity index (χ1) is 12.9. The Morgan fingerprint density at radius 1 is 1.37 bits per heavy atom. The van der Waals surface area contributed by atoms with Gasteiger partial charge in [0.2, 0.25) is 0 Å². The fraction of sp³-hybridized carbons (Fsp3) is 0.500. The van der Waals surface area contributed by atoms with Gasteiger partial charge < -0.3 is 14.7 Å². The van der Waals surface area contributed by atoms with Crippen LogP contribution in [0.1, 0.15) is 47.5 Å². The third-order valence-corrected chi connectivity index (χ3v) is 7.28. The van der Waals surface area contributed by atoms with Crippen LogP contribution in [0.4, 0.5) is 5.69 Å². The maximum atomic E-state index is 12.1. The van der Waals surface area contributed by atoms with E-state index in [1.807, 2.05) is 12.1 Å². The number of hydrogen-bond acceptors (Lipinski definition) is 4. The highest BCUT2D eigenvalue weighted by Gasteiger charge is 2.33. The maximum Gasteiger partial charge on any atom is 0.337 e. The van der Waals surface area contributed by atoms with Gasteiger partial charge in [-0.15, -0.1) is 11.3 Å². The van der Waals surface area contributed by atoms with Gasteiger partial charge in [0.25, 0.3) is 0 Å². The van der Waals surface area contributed by atoms with Crippen molar-refractivity contribution in [3.05, 3.63) is 40.3 Å². The van der Waals surface area contributed by atoms with E-state index in [1.165, 1.54) is 4.88 Å². The Hall–Kier alpha value is -1.85. The van der Waals surface area contributed by atoms with E-state index in [0.29, 0.717) is 5.56 Å². The third-order valence-electron chi connectivity index (χ3n) is 5.94. The lowest BCUT2D eigenvalue weighted by Crippen LogP contribution is -2.22. The topological polar surface area (TPSA) is 49.8 Å². The fourth-order valence-electron chi connectivity index (χ4n) is 4.35. The normalized spacial score (nSPS) is 21.3. The minimum Gasteiger partial charge on any atom is -0.478 e. The molecule has 5 heteroatoms. The molecule has 4 nitrogen and oxygen atoms in total. The van der Waals surface area contributed by atoms with Gasteiger partial charge in [0.1, 0.15) is 0 Å². The molecular weight excluding hydrogens is 358 g/mol. The quantitative estimate of drug-likeness (QED) is 0.817. The van der Waals surface area contributed by atoms with E-state index in [2.05, 4.69) is 30.9 Å². The van der Waals surface area contributed by atoms with Gasteiger partial charge in [-0.3, -0.25) is 0 Å². The standard InChI is InChI=1S/C22H27NO3S/c1-22(2)9-7-18-17(12-22)19(21(24)25)20(27-18)14-5-4-6-15(11-14)23-10-8-16(13-23)26-3/h4-6,11,16H,7-10,12-13H2,1-3H3,(H,24,25)/t16-/m1/s1. The van der Waals surface area contributed by atoms with Crippen LogP contribution in [0.25, 0.3) is 10.4 Å². The van der Waals surface area contributed by atoms with Crippen LogP contribution in [-0.2, 0) is 17.6 Å². The number of aryl methyl sites for hydroxylation is 1. The van der Waals surface area contributed by atoms with E-state index in [9.17, 15) is 9.90 Å².